The van der Waals surface area contributed by atoms with E-state index in [9.17, 15) is 9.90 Å². The summed E-state index contributed by atoms with van der Waals surface area (Å²) in [4.78, 5) is 19.3. The summed E-state index contributed by atoms with van der Waals surface area (Å²) in [6.45, 7) is 11.9. The van der Waals surface area contributed by atoms with Crippen LogP contribution in [0.2, 0.25) is 0 Å². The van der Waals surface area contributed by atoms with Crippen LogP contribution in [0.4, 0.5) is 11.5 Å². The van der Waals surface area contributed by atoms with Crippen LogP contribution < -0.4 is 10.1 Å². The Morgan fingerprint density at radius 2 is 1.76 bits per heavy atom. The van der Waals surface area contributed by atoms with Gasteiger partial charge in [0.1, 0.15) is 11.6 Å². The van der Waals surface area contributed by atoms with Crippen LogP contribution in [0.3, 0.4) is 0 Å². The molecule has 1 aliphatic heterocycles. The van der Waals surface area contributed by atoms with E-state index in [0.29, 0.717) is 44.2 Å². The summed E-state index contributed by atoms with van der Waals surface area (Å²) in [6.07, 6.45) is 6.11. The van der Waals surface area contributed by atoms with Crippen LogP contribution in [-0.2, 0) is 24.4 Å². The highest BCUT2D eigenvalue weighted by molar-refractivity contribution is 5.89. The number of fused-ring (bicyclic) bond motifs is 2. The number of pyridine rings is 1. The molecule has 11 nitrogen and oxygen atoms in total. The molecule has 1 aliphatic rings. The lowest BCUT2D eigenvalue weighted by atomic mass is 9.91. The van der Waals surface area contributed by atoms with Crippen molar-refractivity contribution in [2.45, 2.75) is 66.3 Å². The Labute approximate surface area is 262 Å². The van der Waals surface area contributed by atoms with E-state index in [0.717, 1.165) is 44.8 Å². The lowest BCUT2D eigenvalue weighted by Gasteiger charge is -2.30. The first kappa shape index (κ1) is 30.3. The van der Waals surface area contributed by atoms with E-state index >= 15 is 0 Å². The van der Waals surface area contributed by atoms with Crippen LogP contribution in [0.15, 0.2) is 61.1 Å². The molecule has 0 radical (unpaired) electrons. The maximum Gasteiger partial charge on any atom is 0.223 e. The van der Waals surface area contributed by atoms with Crippen LogP contribution in [0.1, 0.15) is 46.9 Å². The molecule has 5 aromatic rings. The molecule has 2 N–H and O–H groups in total. The molecule has 0 unspecified atom stereocenters. The van der Waals surface area contributed by atoms with Gasteiger partial charge in [-0.05, 0) is 60.5 Å². The lowest BCUT2D eigenvalue weighted by Crippen LogP contribution is -2.39. The predicted octanol–water partition coefficient (Wildman–Crippen LogP) is 5.66. The molecule has 6 rings (SSSR count). The SMILES string of the molecule is COc1cc(-c2nnc3n2CCN(C(=O)CC(C)(C)C)C3)ccc1Nc1cc2cc(-c3cnn(CC(C)(C)O)c3)ccc2cn1. The zero-order valence-corrected chi connectivity index (χ0v) is 26.7. The summed E-state index contributed by atoms with van der Waals surface area (Å²) in [6, 6.07) is 14.1. The maximum atomic E-state index is 12.8. The Bertz CT molecular complexity index is 1860. The van der Waals surface area contributed by atoms with Gasteiger partial charge in [0.05, 0.1) is 37.7 Å². The van der Waals surface area contributed by atoms with Gasteiger partial charge in [0.25, 0.3) is 0 Å². The topological polar surface area (TPSA) is 123 Å². The molecule has 4 heterocycles. The summed E-state index contributed by atoms with van der Waals surface area (Å²) < 4.78 is 9.61. The van der Waals surface area contributed by atoms with Crippen molar-refractivity contribution < 1.29 is 14.6 Å². The van der Waals surface area contributed by atoms with Gasteiger partial charge in [0, 0.05) is 48.4 Å². The fourth-order valence-corrected chi connectivity index (χ4v) is 5.61. The van der Waals surface area contributed by atoms with Crippen LogP contribution >= 0.6 is 0 Å². The van der Waals surface area contributed by atoms with Gasteiger partial charge in [-0.1, -0.05) is 32.9 Å². The third-order valence-corrected chi connectivity index (χ3v) is 7.75. The highest BCUT2D eigenvalue weighted by Gasteiger charge is 2.27. The van der Waals surface area contributed by atoms with Crippen LogP contribution in [0.25, 0.3) is 33.3 Å². The molecule has 1 amide bonds. The molecular formula is C34H40N8O3. The van der Waals surface area contributed by atoms with Crippen molar-refractivity contribution in [1.82, 2.24) is 34.4 Å². The van der Waals surface area contributed by atoms with Gasteiger partial charge in [0.15, 0.2) is 11.6 Å². The predicted molar refractivity (Wildman–Crippen MR) is 174 cm³/mol. The minimum absolute atomic E-state index is 0.0605. The summed E-state index contributed by atoms with van der Waals surface area (Å²) in [5, 5.41) is 28.9. The molecule has 0 spiro atoms. The monoisotopic (exact) mass is 608 g/mol. The minimum Gasteiger partial charge on any atom is -0.495 e. The quantitative estimate of drug-likeness (QED) is 0.231. The van der Waals surface area contributed by atoms with Crippen molar-refractivity contribution in [2.75, 3.05) is 19.0 Å². The van der Waals surface area contributed by atoms with Gasteiger partial charge in [-0.25, -0.2) is 4.98 Å². The Balaban J connectivity index is 1.20. The van der Waals surface area contributed by atoms with Gasteiger partial charge in [-0.15, -0.1) is 10.2 Å². The molecule has 0 bridgehead atoms. The molecule has 3 aromatic heterocycles. The van der Waals surface area contributed by atoms with Crippen molar-refractivity contribution in [3.8, 4) is 28.3 Å². The minimum atomic E-state index is -0.845. The number of aliphatic hydroxyl groups is 1. The number of nitrogens with zero attached hydrogens (tertiary/aromatic N) is 7. The number of aromatic nitrogens is 6. The highest BCUT2D eigenvalue weighted by atomic mass is 16.5. The Morgan fingerprint density at radius 1 is 0.956 bits per heavy atom. The number of amides is 1. The molecule has 0 saturated carbocycles. The van der Waals surface area contributed by atoms with Crippen molar-refractivity contribution >= 4 is 28.2 Å². The summed E-state index contributed by atoms with van der Waals surface area (Å²) in [7, 11) is 1.64. The average Bonchev–Trinajstić information content (AvgIpc) is 3.62. The van der Waals surface area contributed by atoms with Crippen LogP contribution in [0, 0.1) is 5.41 Å². The molecule has 2 aromatic carbocycles. The fourth-order valence-electron chi connectivity index (χ4n) is 5.61. The Hall–Kier alpha value is -4.77. The van der Waals surface area contributed by atoms with Crippen molar-refractivity contribution in [3.05, 3.63) is 66.9 Å². The van der Waals surface area contributed by atoms with Crippen molar-refractivity contribution in [3.63, 3.8) is 0 Å². The highest BCUT2D eigenvalue weighted by Crippen LogP contribution is 2.34. The van der Waals surface area contributed by atoms with Crippen molar-refractivity contribution in [2.24, 2.45) is 5.41 Å². The smallest absolute Gasteiger partial charge is 0.223 e. The number of carbonyl (C=O) groups excluding carboxylic acids is 1. The zero-order valence-electron chi connectivity index (χ0n) is 26.7. The van der Waals surface area contributed by atoms with Crippen LogP contribution in [0.5, 0.6) is 5.75 Å². The molecular weight excluding hydrogens is 568 g/mol. The van der Waals surface area contributed by atoms with E-state index < -0.39 is 5.60 Å². The third kappa shape index (κ3) is 6.83. The average molecular weight is 609 g/mol. The number of anilines is 2. The van der Waals surface area contributed by atoms with E-state index in [1.807, 2.05) is 53.8 Å². The molecule has 0 fully saturated rings. The third-order valence-electron chi connectivity index (χ3n) is 7.75. The van der Waals surface area contributed by atoms with E-state index in [1.165, 1.54) is 0 Å². The Kier molecular flexibility index (Phi) is 7.82. The van der Waals surface area contributed by atoms with E-state index in [1.54, 1.807) is 25.6 Å². The first-order valence-corrected chi connectivity index (χ1v) is 15.2. The number of hydrogen-bond acceptors (Lipinski definition) is 8. The van der Waals surface area contributed by atoms with Gasteiger partial charge >= 0.3 is 0 Å². The summed E-state index contributed by atoms with van der Waals surface area (Å²) in [5.74, 6) is 3.01. The number of hydrogen-bond donors (Lipinski definition) is 2. The molecule has 0 aliphatic carbocycles. The van der Waals surface area contributed by atoms with E-state index in [2.05, 4.69) is 63.1 Å². The molecule has 234 valence electrons. The molecule has 45 heavy (non-hydrogen) atoms. The van der Waals surface area contributed by atoms with Gasteiger partial charge in [0.2, 0.25) is 5.91 Å². The van der Waals surface area contributed by atoms with E-state index in [4.69, 9.17) is 4.74 Å². The second kappa shape index (κ2) is 11.6. The number of benzene rings is 2. The lowest BCUT2D eigenvalue weighted by molar-refractivity contribution is -0.134. The zero-order chi connectivity index (χ0) is 31.9. The van der Waals surface area contributed by atoms with Gasteiger partial charge < -0.3 is 24.6 Å². The number of nitrogens with one attached hydrogen (secondary N) is 1. The standard InChI is InChI=1S/C34H40N8O3/c1-33(2,3)16-31(43)40-11-12-42-30(20-40)38-39-32(42)23-9-10-27(28(14-23)45-6)37-29-15-25-13-22(7-8-24(25)17-35-29)26-18-36-41(19-26)21-34(4,5)44/h7-10,13-15,17-19,44H,11-12,16,20-21H2,1-6H3,(H,35,37). The number of ether oxygens (including phenoxy) is 1. The van der Waals surface area contributed by atoms with Crippen LogP contribution in [-0.4, -0.2) is 64.7 Å². The second-order valence-corrected chi connectivity index (χ2v) is 13.6. The molecule has 0 atom stereocenters. The maximum absolute atomic E-state index is 12.8. The summed E-state index contributed by atoms with van der Waals surface area (Å²) >= 11 is 0. The summed E-state index contributed by atoms with van der Waals surface area (Å²) in [5.41, 5.74) is 2.75. The number of methoxy groups -OCH3 is 1. The van der Waals surface area contributed by atoms with E-state index in [-0.39, 0.29) is 11.3 Å². The van der Waals surface area contributed by atoms with Gasteiger partial charge in [-0.3, -0.25) is 9.48 Å². The largest absolute Gasteiger partial charge is 0.495 e. The molecule has 11 heteroatoms. The van der Waals surface area contributed by atoms with Crippen molar-refractivity contribution in [1.29, 1.82) is 0 Å². The first-order chi connectivity index (χ1) is 21.3. The van der Waals surface area contributed by atoms with Gasteiger partial charge in [-0.2, -0.15) is 5.10 Å². The fraction of sp³-hybridized carbons (Fsp3) is 0.382. The molecule has 0 saturated heterocycles. The Morgan fingerprint density at radius 3 is 2.51 bits per heavy atom. The number of carbonyl (C=O) groups is 1. The normalized spacial score (nSPS) is 13.6. The number of rotatable bonds is 8. The second-order valence-electron chi connectivity index (χ2n) is 13.6. The first-order valence-electron chi connectivity index (χ1n) is 15.2.